The minimum atomic E-state index is -0.694. The molecule has 0 aliphatic rings. The third-order valence-electron chi connectivity index (χ3n) is 12.8. The van der Waals surface area contributed by atoms with Gasteiger partial charge < -0.3 is 20.3 Å². The van der Waals surface area contributed by atoms with E-state index in [0.717, 1.165) is 70.6 Å². The van der Waals surface area contributed by atoms with Crippen molar-refractivity contribution in [2.45, 2.75) is 315 Å². The van der Waals surface area contributed by atoms with Gasteiger partial charge in [0.1, 0.15) is 0 Å². The molecule has 0 spiro atoms. The lowest BCUT2D eigenvalue weighted by atomic mass is 10.0. The van der Waals surface area contributed by atoms with Crippen LogP contribution in [0.2, 0.25) is 0 Å². The number of aliphatic hydroxyl groups excluding tert-OH is 2. The lowest BCUT2D eigenvalue weighted by Crippen LogP contribution is -2.45. The number of unbranched alkanes of at least 4 members (excludes halogenated alkanes) is 38. The first-order valence-electron chi connectivity index (χ1n) is 27.4. The number of rotatable bonds is 51. The summed E-state index contributed by atoms with van der Waals surface area (Å²) < 4.78 is 5.45. The summed E-state index contributed by atoms with van der Waals surface area (Å²) in [4.78, 5) is 24.5. The van der Waals surface area contributed by atoms with E-state index in [0.29, 0.717) is 25.9 Å². The van der Waals surface area contributed by atoms with Crippen LogP contribution in [-0.2, 0) is 14.3 Å². The summed E-state index contributed by atoms with van der Waals surface area (Å²) >= 11 is 0. The summed E-state index contributed by atoms with van der Waals surface area (Å²) in [5.41, 5.74) is 0. The molecule has 0 saturated heterocycles. The van der Waals surface area contributed by atoms with Gasteiger partial charge in [-0.3, -0.25) is 9.59 Å². The maximum Gasteiger partial charge on any atom is 0.305 e. The fraction of sp³-hybridized carbons (Fsp3) is 0.927. The summed E-state index contributed by atoms with van der Waals surface area (Å²) in [6.45, 7) is 4.89. The summed E-state index contributed by atoms with van der Waals surface area (Å²) in [6.07, 6.45) is 59.1. The van der Waals surface area contributed by atoms with Crippen LogP contribution in [0.25, 0.3) is 0 Å². The Hall–Kier alpha value is -1.40. The third-order valence-corrected chi connectivity index (χ3v) is 12.8. The molecule has 0 rings (SSSR count). The van der Waals surface area contributed by atoms with Crippen LogP contribution in [-0.4, -0.2) is 47.4 Å². The molecule has 0 aliphatic carbocycles. The molecule has 0 aromatic heterocycles. The zero-order chi connectivity index (χ0) is 44.4. The summed E-state index contributed by atoms with van der Waals surface area (Å²) in [6, 6.07) is -0.578. The van der Waals surface area contributed by atoms with Gasteiger partial charge in [-0.05, 0) is 44.9 Å². The fourth-order valence-corrected chi connectivity index (χ4v) is 8.59. The zero-order valence-electron chi connectivity index (χ0n) is 41.2. The first kappa shape index (κ1) is 59.6. The highest BCUT2D eigenvalue weighted by Crippen LogP contribution is 2.17. The molecule has 0 radical (unpaired) electrons. The van der Waals surface area contributed by atoms with Gasteiger partial charge in [0.25, 0.3) is 0 Å². The number of hydrogen-bond acceptors (Lipinski definition) is 5. The summed E-state index contributed by atoms with van der Waals surface area (Å²) in [5, 5.41) is 23.2. The number of esters is 1. The van der Waals surface area contributed by atoms with Crippen molar-refractivity contribution >= 4 is 11.9 Å². The summed E-state index contributed by atoms with van der Waals surface area (Å²) in [7, 11) is 0. The van der Waals surface area contributed by atoms with Crippen molar-refractivity contribution in [2.24, 2.45) is 0 Å². The van der Waals surface area contributed by atoms with Gasteiger partial charge in [-0.15, -0.1) is 0 Å². The monoisotopic (exact) mass is 862 g/mol. The molecular formula is C55H107NO5. The van der Waals surface area contributed by atoms with Crippen LogP contribution in [0.4, 0.5) is 0 Å². The molecule has 0 saturated carbocycles. The van der Waals surface area contributed by atoms with Crippen molar-refractivity contribution in [1.29, 1.82) is 0 Å². The van der Waals surface area contributed by atoms with E-state index in [2.05, 4.69) is 31.3 Å². The number of amides is 1. The van der Waals surface area contributed by atoms with Crippen molar-refractivity contribution in [2.75, 3.05) is 13.2 Å². The van der Waals surface area contributed by atoms with E-state index in [1.54, 1.807) is 0 Å². The number of carbonyl (C=O) groups excluding carboxylic acids is 2. The molecule has 6 heteroatoms. The highest BCUT2D eigenvalue weighted by molar-refractivity contribution is 5.76. The normalized spacial score (nSPS) is 12.7. The topological polar surface area (TPSA) is 95.9 Å². The van der Waals surface area contributed by atoms with Gasteiger partial charge in [-0.25, -0.2) is 0 Å². The molecule has 2 unspecified atom stereocenters. The quantitative estimate of drug-likeness (QED) is 0.0322. The van der Waals surface area contributed by atoms with Gasteiger partial charge in [-0.2, -0.15) is 0 Å². The molecule has 0 bridgehead atoms. The molecule has 0 aromatic carbocycles. The minimum absolute atomic E-state index is 0.0314. The maximum absolute atomic E-state index is 12.5. The van der Waals surface area contributed by atoms with Crippen molar-refractivity contribution in [3.63, 3.8) is 0 Å². The van der Waals surface area contributed by atoms with Crippen LogP contribution in [0.15, 0.2) is 12.2 Å². The maximum atomic E-state index is 12.5. The van der Waals surface area contributed by atoms with Crippen molar-refractivity contribution in [3.8, 4) is 0 Å². The molecule has 61 heavy (non-hydrogen) atoms. The zero-order valence-corrected chi connectivity index (χ0v) is 41.2. The van der Waals surface area contributed by atoms with E-state index >= 15 is 0 Å². The van der Waals surface area contributed by atoms with E-state index < -0.39 is 12.1 Å². The van der Waals surface area contributed by atoms with Crippen molar-refractivity contribution in [3.05, 3.63) is 12.2 Å². The SMILES string of the molecule is CCCCCCCCCCCCCCCCCCCCCC(O)C(CO)NC(=O)CCC/C=C\CCCCCCOC(=O)CCCCCCCCCCCCCCCCCC. The van der Waals surface area contributed by atoms with Crippen LogP contribution < -0.4 is 5.32 Å². The molecule has 1 amide bonds. The second-order valence-corrected chi connectivity index (χ2v) is 18.9. The predicted octanol–water partition coefficient (Wildman–Crippen LogP) is 16.5. The number of nitrogens with one attached hydrogen (secondary N) is 1. The second kappa shape index (κ2) is 51.2. The van der Waals surface area contributed by atoms with Crippen molar-refractivity contribution < 1.29 is 24.5 Å². The van der Waals surface area contributed by atoms with Gasteiger partial charge >= 0.3 is 5.97 Å². The molecule has 0 fully saturated rings. The van der Waals surface area contributed by atoms with Gasteiger partial charge in [-0.1, -0.05) is 257 Å². The van der Waals surface area contributed by atoms with E-state index in [4.69, 9.17) is 4.74 Å². The highest BCUT2D eigenvalue weighted by atomic mass is 16.5. The number of hydrogen-bond donors (Lipinski definition) is 3. The van der Waals surface area contributed by atoms with E-state index in [1.165, 1.54) is 199 Å². The molecule has 0 aromatic rings. The Labute approximate surface area is 380 Å². The Balaban J connectivity index is 3.51. The first-order chi connectivity index (χ1) is 30.0. The van der Waals surface area contributed by atoms with Crippen LogP contribution >= 0.6 is 0 Å². The van der Waals surface area contributed by atoms with Crippen LogP contribution in [0.1, 0.15) is 303 Å². The van der Waals surface area contributed by atoms with E-state index in [1.807, 2.05) is 0 Å². The molecule has 362 valence electrons. The Morgan fingerprint density at radius 2 is 0.787 bits per heavy atom. The largest absolute Gasteiger partial charge is 0.466 e. The molecule has 3 N–H and O–H groups in total. The number of aliphatic hydroxyl groups is 2. The predicted molar refractivity (Wildman–Crippen MR) is 264 cm³/mol. The lowest BCUT2D eigenvalue weighted by Gasteiger charge is -2.22. The van der Waals surface area contributed by atoms with Crippen LogP contribution in [0.5, 0.6) is 0 Å². The smallest absolute Gasteiger partial charge is 0.305 e. The van der Waals surface area contributed by atoms with Gasteiger partial charge in [0.15, 0.2) is 0 Å². The molecule has 0 aliphatic heterocycles. The van der Waals surface area contributed by atoms with Crippen molar-refractivity contribution in [1.82, 2.24) is 5.32 Å². The van der Waals surface area contributed by atoms with E-state index in [-0.39, 0.29) is 18.5 Å². The minimum Gasteiger partial charge on any atom is -0.466 e. The molecule has 2 atom stereocenters. The first-order valence-corrected chi connectivity index (χ1v) is 27.4. The Morgan fingerprint density at radius 3 is 1.20 bits per heavy atom. The van der Waals surface area contributed by atoms with Gasteiger partial charge in [0, 0.05) is 12.8 Å². The molecule has 0 heterocycles. The van der Waals surface area contributed by atoms with E-state index in [9.17, 15) is 19.8 Å². The fourth-order valence-electron chi connectivity index (χ4n) is 8.59. The third kappa shape index (κ3) is 47.9. The number of ether oxygens (including phenoxy) is 1. The number of allylic oxidation sites excluding steroid dienone is 2. The molecular weight excluding hydrogens is 755 g/mol. The van der Waals surface area contributed by atoms with Crippen LogP contribution in [0, 0.1) is 0 Å². The second-order valence-electron chi connectivity index (χ2n) is 18.9. The summed E-state index contributed by atoms with van der Waals surface area (Å²) in [5.74, 6) is -0.124. The average Bonchev–Trinajstić information content (AvgIpc) is 3.26. The Morgan fingerprint density at radius 1 is 0.443 bits per heavy atom. The Kier molecular flexibility index (Phi) is 50.1. The molecule has 6 nitrogen and oxygen atoms in total. The number of carbonyl (C=O) groups is 2. The lowest BCUT2D eigenvalue weighted by molar-refractivity contribution is -0.143. The highest BCUT2D eigenvalue weighted by Gasteiger charge is 2.20. The standard InChI is InChI=1S/C55H107NO5/c1-3-5-7-9-11-13-15-17-19-21-22-23-24-26-28-31-35-39-43-47-53(58)52(51-57)56-54(59)48-44-40-36-32-30-34-38-42-46-50-61-55(60)49-45-41-37-33-29-27-25-20-18-16-14-12-10-8-6-4-2/h32,36,52-53,57-58H,3-31,33-35,37-51H2,1-2H3,(H,56,59)/b36-32-. The van der Waals surface area contributed by atoms with Gasteiger partial charge in [0.05, 0.1) is 25.4 Å². The average molecular weight is 862 g/mol. The Bertz CT molecular complexity index is 909. The van der Waals surface area contributed by atoms with Gasteiger partial charge in [0.2, 0.25) is 5.91 Å². The van der Waals surface area contributed by atoms with Crippen LogP contribution in [0.3, 0.4) is 0 Å².